The van der Waals surface area contributed by atoms with Gasteiger partial charge in [-0.05, 0) is 27.3 Å². The highest BCUT2D eigenvalue weighted by Crippen LogP contribution is 2.25. The lowest BCUT2D eigenvalue weighted by atomic mass is 10.1. The normalized spacial score (nSPS) is 13.7. The highest BCUT2D eigenvalue weighted by molar-refractivity contribution is 6.64. The average molecular weight is 219 g/mol. The van der Waals surface area contributed by atoms with E-state index in [1.807, 2.05) is 0 Å². The van der Waals surface area contributed by atoms with E-state index in [1.165, 1.54) is 0 Å². The van der Waals surface area contributed by atoms with Crippen molar-refractivity contribution in [2.24, 2.45) is 0 Å². The summed E-state index contributed by atoms with van der Waals surface area (Å²) in [5.74, 6) is 0. The Kier molecular flexibility index (Phi) is 5.29. The van der Waals surface area contributed by atoms with Gasteiger partial charge in [-0.15, -0.1) is 0 Å². The SMILES string of the molecule is CCN(C(C)(C)C)[Si](CC)(OC)OC. The van der Waals surface area contributed by atoms with E-state index in [0.717, 1.165) is 12.6 Å². The summed E-state index contributed by atoms with van der Waals surface area (Å²) in [5, 5.41) is 0. The standard InChI is InChI=1S/C10H25NO2Si/c1-8-11(10(3,4)5)14(9-2,12-6)13-7/h8-9H2,1-7H3. The lowest BCUT2D eigenvalue weighted by molar-refractivity contribution is 0.112. The van der Waals surface area contributed by atoms with Gasteiger partial charge in [-0.3, -0.25) is 4.57 Å². The van der Waals surface area contributed by atoms with Crippen molar-refractivity contribution in [1.29, 1.82) is 0 Å². The zero-order chi connectivity index (χ0) is 11.4. The molecule has 0 heterocycles. The Balaban J connectivity index is 4.94. The third kappa shape index (κ3) is 2.79. The van der Waals surface area contributed by atoms with Crippen LogP contribution >= 0.6 is 0 Å². The first-order valence-corrected chi connectivity index (χ1v) is 7.23. The maximum absolute atomic E-state index is 5.66. The van der Waals surface area contributed by atoms with E-state index in [4.69, 9.17) is 8.85 Å². The number of hydrogen-bond acceptors (Lipinski definition) is 3. The molecule has 14 heavy (non-hydrogen) atoms. The summed E-state index contributed by atoms with van der Waals surface area (Å²) in [5.41, 5.74) is 0.100. The quantitative estimate of drug-likeness (QED) is 0.663. The molecule has 0 saturated heterocycles. The smallest absolute Gasteiger partial charge is 0.386 e. The van der Waals surface area contributed by atoms with Gasteiger partial charge in [0.05, 0.1) is 0 Å². The second-order valence-corrected chi connectivity index (χ2v) is 7.88. The average Bonchev–Trinajstić information content (AvgIpc) is 2.12. The molecule has 0 aromatic carbocycles. The van der Waals surface area contributed by atoms with Crippen LogP contribution in [-0.2, 0) is 8.85 Å². The van der Waals surface area contributed by atoms with Crippen molar-refractivity contribution in [3.8, 4) is 0 Å². The maximum Gasteiger partial charge on any atom is 0.427 e. The molecule has 4 heteroatoms. The van der Waals surface area contributed by atoms with E-state index in [2.05, 4.69) is 39.2 Å². The Labute approximate surface area is 89.7 Å². The van der Waals surface area contributed by atoms with Crippen LogP contribution in [0.1, 0.15) is 34.6 Å². The zero-order valence-electron chi connectivity index (χ0n) is 10.7. The summed E-state index contributed by atoms with van der Waals surface area (Å²) >= 11 is 0. The summed E-state index contributed by atoms with van der Waals surface area (Å²) in [6.07, 6.45) is 0. The van der Waals surface area contributed by atoms with Crippen LogP contribution in [0, 0.1) is 0 Å². The largest absolute Gasteiger partial charge is 0.427 e. The van der Waals surface area contributed by atoms with Crippen molar-refractivity contribution in [2.75, 3.05) is 20.8 Å². The van der Waals surface area contributed by atoms with Crippen molar-refractivity contribution in [3.05, 3.63) is 0 Å². The molecule has 3 nitrogen and oxygen atoms in total. The molecule has 0 aromatic heterocycles. The van der Waals surface area contributed by atoms with Crippen molar-refractivity contribution >= 4 is 8.72 Å². The summed E-state index contributed by atoms with van der Waals surface area (Å²) < 4.78 is 13.7. The van der Waals surface area contributed by atoms with E-state index >= 15 is 0 Å². The van der Waals surface area contributed by atoms with Gasteiger partial charge in [0.1, 0.15) is 0 Å². The molecule has 0 saturated carbocycles. The summed E-state index contributed by atoms with van der Waals surface area (Å²) in [6, 6.07) is 0.950. The Hall–Kier alpha value is 0.0969. The molecule has 0 bridgehead atoms. The number of rotatable bonds is 5. The predicted octanol–water partition coefficient (Wildman–Crippen LogP) is 2.36. The molecule has 86 valence electrons. The fraction of sp³-hybridized carbons (Fsp3) is 1.00. The van der Waals surface area contributed by atoms with Crippen molar-refractivity contribution in [3.63, 3.8) is 0 Å². The van der Waals surface area contributed by atoms with Crippen LogP contribution in [0.3, 0.4) is 0 Å². The molecular formula is C10H25NO2Si. The first-order valence-electron chi connectivity index (χ1n) is 5.26. The van der Waals surface area contributed by atoms with Gasteiger partial charge >= 0.3 is 8.72 Å². The molecule has 0 unspecified atom stereocenters. The van der Waals surface area contributed by atoms with Gasteiger partial charge in [0.2, 0.25) is 0 Å². The van der Waals surface area contributed by atoms with Gasteiger partial charge in [0.15, 0.2) is 0 Å². The lowest BCUT2D eigenvalue weighted by Crippen LogP contribution is -2.63. The van der Waals surface area contributed by atoms with Gasteiger partial charge in [0.25, 0.3) is 0 Å². The van der Waals surface area contributed by atoms with Crippen LogP contribution in [0.15, 0.2) is 0 Å². The fourth-order valence-corrected chi connectivity index (χ4v) is 5.08. The first-order chi connectivity index (χ1) is 6.37. The highest BCUT2D eigenvalue weighted by Gasteiger charge is 2.45. The molecule has 0 radical (unpaired) electrons. The van der Waals surface area contributed by atoms with E-state index in [0.29, 0.717) is 0 Å². The second-order valence-electron chi connectivity index (χ2n) is 4.39. The second kappa shape index (κ2) is 5.26. The predicted molar refractivity (Wildman–Crippen MR) is 62.4 cm³/mol. The summed E-state index contributed by atoms with van der Waals surface area (Å²) in [7, 11) is 1.37. The molecule has 0 N–H and O–H groups in total. The van der Waals surface area contributed by atoms with E-state index in [1.54, 1.807) is 14.2 Å². The molecule has 0 rings (SSSR count). The molecular weight excluding hydrogens is 194 g/mol. The Morgan fingerprint density at radius 3 is 1.57 bits per heavy atom. The molecule has 0 aliphatic heterocycles. The van der Waals surface area contributed by atoms with Crippen molar-refractivity contribution in [1.82, 2.24) is 4.57 Å². The van der Waals surface area contributed by atoms with Gasteiger partial charge < -0.3 is 8.85 Å². The van der Waals surface area contributed by atoms with Crippen LogP contribution in [-0.4, -0.2) is 39.6 Å². The van der Waals surface area contributed by atoms with E-state index in [9.17, 15) is 0 Å². The minimum atomic E-state index is -2.15. The third-order valence-corrected chi connectivity index (χ3v) is 6.60. The summed E-state index contributed by atoms with van der Waals surface area (Å²) in [6.45, 7) is 11.9. The molecule has 0 aromatic rings. The molecule has 0 amide bonds. The lowest BCUT2D eigenvalue weighted by Gasteiger charge is -2.45. The monoisotopic (exact) mass is 219 g/mol. The van der Waals surface area contributed by atoms with Gasteiger partial charge in [-0.2, -0.15) is 0 Å². The van der Waals surface area contributed by atoms with Crippen LogP contribution in [0.4, 0.5) is 0 Å². The van der Waals surface area contributed by atoms with Gasteiger partial charge in [-0.1, -0.05) is 13.8 Å². The maximum atomic E-state index is 5.66. The van der Waals surface area contributed by atoms with E-state index in [-0.39, 0.29) is 5.54 Å². The molecule has 0 aliphatic carbocycles. The third-order valence-electron chi connectivity index (χ3n) is 2.62. The van der Waals surface area contributed by atoms with Crippen molar-refractivity contribution in [2.45, 2.75) is 46.2 Å². The zero-order valence-corrected chi connectivity index (χ0v) is 11.7. The highest BCUT2D eigenvalue weighted by atomic mass is 28.4. The van der Waals surface area contributed by atoms with E-state index < -0.39 is 8.72 Å². The van der Waals surface area contributed by atoms with Crippen LogP contribution in [0.25, 0.3) is 0 Å². The molecule has 0 atom stereocenters. The number of hydrogen-bond donors (Lipinski definition) is 0. The topological polar surface area (TPSA) is 21.7 Å². The van der Waals surface area contributed by atoms with Crippen LogP contribution < -0.4 is 0 Å². The van der Waals surface area contributed by atoms with Crippen LogP contribution in [0.2, 0.25) is 6.04 Å². The first kappa shape index (κ1) is 14.1. The molecule has 0 spiro atoms. The van der Waals surface area contributed by atoms with Gasteiger partial charge in [-0.25, -0.2) is 0 Å². The minimum Gasteiger partial charge on any atom is -0.386 e. The number of nitrogens with zero attached hydrogens (tertiary/aromatic N) is 1. The minimum absolute atomic E-state index is 0.100. The van der Waals surface area contributed by atoms with Gasteiger partial charge in [0, 0.05) is 25.8 Å². The Morgan fingerprint density at radius 2 is 1.50 bits per heavy atom. The Bertz CT molecular complexity index is 156. The van der Waals surface area contributed by atoms with Crippen LogP contribution in [0.5, 0.6) is 0 Å². The summed E-state index contributed by atoms with van der Waals surface area (Å²) in [4.78, 5) is 0. The molecule has 0 aliphatic rings. The van der Waals surface area contributed by atoms with Crippen molar-refractivity contribution < 1.29 is 8.85 Å². The molecule has 0 fully saturated rings. The fourth-order valence-electron chi connectivity index (χ4n) is 2.01. The Morgan fingerprint density at radius 1 is 1.07 bits per heavy atom.